The lowest BCUT2D eigenvalue weighted by Crippen LogP contribution is -2.42. The highest BCUT2D eigenvalue weighted by molar-refractivity contribution is 6.35. The second kappa shape index (κ2) is 9.62. The number of amides is 3. The van der Waals surface area contributed by atoms with E-state index in [0.29, 0.717) is 16.3 Å². The molecule has 0 aliphatic heterocycles. The Labute approximate surface area is 178 Å². The molecule has 0 heterocycles. The zero-order valence-electron chi connectivity index (χ0n) is 16.1. The molecule has 0 saturated heterocycles. The minimum absolute atomic E-state index is 0.0241. The van der Waals surface area contributed by atoms with E-state index in [9.17, 15) is 14.4 Å². The number of carbonyl (C=O) groups is 3. The van der Waals surface area contributed by atoms with Crippen molar-refractivity contribution in [3.63, 3.8) is 0 Å². The first-order chi connectivity index (χ1) is 13.5. The number of halogens is 2. The number of nitrogens with one attached hydrogen (secondary N) is 3. The molecule has 2 rings (SSSR count). The Morgan fingerprint density at radius 1 is 0.966 bits per heavy atom. The van der Waals surface area contributed by atoms with E-state index in [1.165, 1.54) is 12.1 Å². The zero-order chi connectivity index (χ0) is 21.6. The lowest BCUT2D eigenvalue weighted by molar-refractivity contribution is -0.121. The molecule has 0 aliphatic rings. The third-order valence-electron chi connectivity index (χ3n) is 3.45. The molecule has 0 aliphatic carbocycles. The summed E-state index contributed by atoms with van der Waals surface area (Å²) < 4.78 is 5.17. The van der Waals surface area contributed by atoms with Gasteiger partial charge in [-0.05, 0) is 56.7 Å². The van der Waals surface area contributed by atoms with Gasteiger partial charge in [-0.2, -0.15) is 0 Å². The second-order valence-electron chi connectivity index (χ2n) is 7.13. The quantitative estimate of drug-likeness (QED) is 0.619. The van der Waals surface area contributed by atoms with Gasteiger partial charge in [0.2, 0.25) is 5.91 Å². The van der Waals surface area contributed by atoms with Crippen LogP contribution in [0.5, 0.6) is 0 Å². The van der Waals surface area contributed by atoms with Crippen molar-refractivity contribution >= 4 is 46.8 Å². The standard InChI is InChI=1S/C20H21Cl2N3O4/c1-20(2,3)29-19(28)23-14-7-4-12(5-8-14)10-17(26)24-25-18(27)15-11-13(21)6-9-16(15)22/h4-9,11H,10H2,1-3H3,(H,23,28)(H,24,26)(H,25,27). The predicted octanol–water partition coefficient (Wildman–Crippen LogP) is 4.34. The lowest BCUT2D eigenvalue weighted by atomic mass is 10.1. The van der Waals surface area contributed by atoms with Gasteiger partial charge in [-0.15, -0.1) is 0 Å². The number of hydrazine groups is 1. The fourth-order valence-corrected chi connectivity index (χ4v) is 2.60. The topological polar surface area (TPSA) is 96.5 Å². The third kappa shape index (κ3) is 7.63. The van der Waals surface area contributed by atoms with E-state index >= 15 is 0 Å². The van der Waals surface area contributed by atoms with Crippen LogP contribution in [-0.4, -0.2) is 23.5 Å². The van der Waals surface area contributed by atoms with Crippen LogP contribution in [0, 0.1) is 0 Å². The largest absolute Gasteiger partial charge is 0.444 e. The monoisotopic (exact) mass is 437 g/mol. The van der Waals surface area contributed by atoms with Crippen LogP contribution in [-0.2, 0) is 16.0 Å². The Morgan fingerprint density at radius 2 is 1.62 bits per heavy atom. The SMILES string of the molecule is CC(C)(C)OC(=O)Nc1ccc(CC(=O)NNC(=O)c2cc(Cl)ccc2Cl)cc1. The maximum atomic E-state index is 12.1. The van der Waals surface area contributed by atoms with Gasteiger partial charge in [0.25, 0.3) is 5.91 Å². The van der Waals surface area contributed by atoms with E-state index in [2.05, 4.69) is 16.2 Å². The van der Waals surface area contributed by atoms with E-state index in [4.69, 9.17) is 27.9 Å². The molecule has 0 unspecified atom stereocenters. The summed E-state index contributed by atoms with van der Waals surface area (Å²) in [6.45, 7) is 5.31. The van der Waals surface area contributed by atoms with Crippen molar-refractivity contribution in [2.24, 2.45) is 0 Å². The molecule has 0 atom stereocenters. The molecule has 2 aromatic rings. The molecule has 2 aromatic carbocycles. The van der Waals surface area contributed by atoms with Crippen LogP contribution < -0.4 is 16.2 Å². The number of anilines is 1. The summed E-state index contributed by atoms with van der Waals surface area (Å²) in [4.78, 5) is 35.9. The minimum Gasteiger partial charge on any atom is -0.444 e. The highest BCUT2D eigenvalue weighted by Crippen LogP contribution is 2.20. The second-order valence-corrected chi connectivity index (χ2v) is 7.97. The van der Waals surface area contributed by atoms with Crippen LogP contribution in [0.3, 0.4) is 0 Å². The van der Waals surface area contributed by atoms with E-state index < -0.39 is 23.5 Å². The van der Waals surface area contributed by atoms with E-state index in [1.54, 1.807) is 51.1 Å². The van der Waals surface area contributed by atoms with Crippen LogP contribution in [0.2, 0.25) is 10.0 Å². The molecule has 0 saturated carbocycles. The maximum absolute atomic E-state index is 12.1. The Kier molecular flexibility index (Phi) is 7.47. The van der Waals surface area contributed by atoms with E-state index in [1.807, 2.05) is 0 Å². The Hall–Kier alpha value is -2.77. The first kappa shape index (κ1) is 22.5. The van der Waals surface area contributed by atoms with Crippen molar-refractivity contribution < 1.29 is 19.1 Å². The fraction of sp³-hybridized carbons (Fsp3) is 0.250. The van der Waals surface area contributed by atoms with Gasteiger partial charge >= 0.3 is 6.09 Å². The van der Waals surface area contributed by atoms with Crippen LogP contribution in [0.1, 0.15) is 36.7 Å². The molecular formula is C20H21Cl2N3O4. The highest BCUT2D eigenvalue weighted by Gasteiger charge is 2.16. The third-order valence-corrected chi connectivity index (χ3v) is 4.02. The Balaban J connectivity index is 1.85. The van der Waals surface area contributed by atoms with Gasteiger partial charge in [0, 0.05) is 10.7 Å². The van der Waals surface area contributed by atoms with Gasteiger partial charge in [-0.1, -0.05) is 35.3 Å². The first-order valence-electron chi connectivity index (χ1n) is 8.67. The van der Waals surface area contributed by atoms with Crippen LogP contribution in [0.4, 0.5) is 10.5 Å². The number of hydrogen-bond acceptors (Lipinski definition) is 4. The number of benzene rings is 2. The summed E-state index contributed by atoms with van der Waals surface area (Å²) in [5, 5.41) is 3.17. The van der Waals surface area contributed by atoms with Gasteiger partial charge in [0.15, 0.2) is 0 Å². The molecule has 0 spiro atoms. The molecule has 29 heavy (non-hydrogen) atoms. The van der Waals surface area contributed by atoms with Crippen LogP contribution in [0.25, 0.3) is 0 Å². The number of ether oxygens (including phenoxy) is 1. The molecule has 0 fully saturated rings. The summed E-state index contributed by atoms with van der Waals surface area (Å²) in [5.41, 5.74) is 5.39. The lowest BCUT2D eigenvalue weighted by Gasteiger charge is -2.19. The summed E-state index contributed by atoms with van der Waals surface area (Å²) in [7, 11) is 0. The molecule has 154 valence electrons. The average molecular weight is 438 g/mol. The first-order valence-corrected chi connectivity index (χ1v) is 9.42. The van der Waals surface area contributed by atoms with E-state index in [-0.39, 0.29) is 17.0 Å². The molecule has 7 nitrogen and oxygen atoms in total. The Bertz CT molecular complexity index is 909. The van der Waals surface area contributed by atoms with Crippen LogP contribution in [0.15, 0.2) is 42.5 Å². The summed E-state index contributed by atoms with van der Waals surface area (Å²) in [6.07, 6.45) is -0.540. The van der Waals surface area contributed by atoms with Gasteiger partial charge in [-0.25, -0.2) is 4.79 Å². The van der Waals surface area contributed by atoms with Crippen molar-refractivity contribution in [3.05, 3.63) is 63.6 Å². The molecule has 3 N–H and O–H groups in total. The smallest absolute Gasteiger partial charge is 0.412 e. The molecule has 9 heteroatoms. The van der Waals surface area contributed by atoms with Crippen molar-refractivity contribution in [2.75, 3.05) is 5.32 Å². The average Bonchev–Trinajstić information content (AvgIpc) is 2.62. The number of hydrogen-bond donors (Lipinski definition) is 3. The van der Waals surface area contributed by atoms with Crippen LogP contribution >= 0.6 is 23.2 Å². The maximum Gasteiger partial charge on any atom is 0.412 e. The zero-order valence-corrected chi connectivity index (χ0v) is 17.6. The van der Waals surface area contributed by atoms with Gasteiger partial charge in [-0.3, -0.25) is 25.8 Å². The molecule has 0 radical (unpaired) electrons. The predicted molar refractivity (Wildman–Crippen MR) is 112 cm³/mol. The van der Waals surface area contributed by atoms with Gasteiger partial charge in [0.1, 0.15) is 5.60 Å². The van der Waals surface area contributed by atoms with Gasteiger partial charge in [0.05, 0.1) is 17.0 Å². The molecule has 0 aromatic heterocycles. The molecule has 0 bridgehead atoms. The number of rotatable bonds is 4. The molecular weight excluding hydrogens is 417 g/mol. The van der Waals surface area contributed by atoms with Gasteiger partial charge < -0.3 is 4.74 Å². The Morgan fingerprint density at radius 3 is 2.24 bits per heavy atom. The van der Waals surface area contributed by atoms with E-state index in [0.717, 1.165) is 0 Å². The summed E-state index contributed by atoms with van der Waals surface area (Å²) >= 11 is 11.8. The van der Waals surface area contributed by atoms with Crippen molar-refractivity contribution in [1.82, 2.24) is 10.9 Å². The van der Waals surface area contributed by atoms with Crippen molar-refractivity contribution in [3.8, 4) is 0 Å². The fourth-order valence-electron chi connectivity index (χ4n) is 2.22. The normalized spacial score (nSPS) is 10.8. The summed E-state index contributed by atoms with van der Waals surface area (Å²) in [6, 6.07) is 11.1. The highest BCUT2D eigenvalue weighted by atomic mass is 35.5. The molecule has 3 amide bonds. The van der Waals surface area contributed by atoms with Crippen molar-refractivity contribution in [2.45, 2.75) is 32.8 Å². The minimum atomic E-state index is -0.595. The van der Waals surface area contributed by atoms with Crippen molar-refractivity contribution in [1.29, 1.82) is 0 Å². The summed E-state index contributed by atoms with van der Waals surface area (Å²) in [5.74, 6) is -1.01. The number of carbonyl (C=O) groups excluding carboxylic acids is 3.